The van der Waals surface area contributed by atoms with E-state index in [1.54, 1.807) is 0 Å². The Bertz CT molecular complexity index is 779. The Hall–Kier alpha value is -2.10. The van der Waals surface area contributed by atoms with Gasteiger partial charge in [0, 0.05) is 36.7 Å². The quantitative estimate of drug-likeness (QED) is 0.778. The van der Waals surface area contributed by atoms with Gasteiger partial charge in [0.2, 0.25) is 0 Å². The Morgan fingerprint density at radius 2 is 1.70 bits per heavy atom. The summed E-state index contributed by atoms with van der Waals surface area (Å²) in [6.07, 6.45) is 1.69. The highest BCUT2D eigenvalue weighted by atomic mass is 16.3. The molecule has 120 valence electrons. The summed E-state index contributed by atoms with van der Waals surface area (Å²) in [5.41, 5.74) is 3.50. The molecule has 23 heavy (non-hydrogen) atoms. The number of likely N-dealkylation sites (N-methyl/N-ethyl adjacent to an activating group) is 1. The van der Waals surface area contributed by atoms with E-state index >= 15 is 0 Å². The van der Waals surface area contributed by atoms with Crippen LogP contribution in [0.4, 0.5) is 0 Å². The summed E-state index contributed by atoms with van der Waals surface area (Å²) < 4.78 is 2.16. The monoisotopic (exact) mass is 308 g/mol. The number of aliphatic hydroxyl groups is 1. The van der Waals surface area contributed by atoms with Gasteiger partial charge in [0.05, 0.1) is 6.10 Å². The summed E-state index contributed by atoms with van der Waals surface area (Å²) in [4.78, 5) is 2.21. The normalized spacial score (nSPS) is 14.3. The molecule has 1 heterocycles. The molecule has 3 aromatic rings. The Balaban J connectivity index is 1.79. The average molecular weight is 308 g/mol. The largest absolute Gasteiger partial charge is 0.387 e. The van der Waals surface area contributed by atoms with Crippen LogP contribution in [0, 0.1) is 0 Å². The summed E-state index contributed by atoms with van der Waals surface area (Å²) in [7, 11) is 4.15. The molecule has 0 fully saturated rings. The van der Waals surface area contributed by atoms with Crippen molar-refractivity contribution in [2.75, 3.05) is 7.05 Å². The van der Waals surface area contributed by atoms with E-state index in [0.29, 0.717) is 0 Å². The van der Waals surface area contributed by atoms with Crippen molar-refractivity contribution in [2.24, 2.45) is 7.05 Å². The maximum absolute atomic E-state index is 10.6. The minimum absolute atomic E-state index is 0.0383. The van der Waals surface area contributed by atoms with Gasteiger partial charge >= 0.3 is 0 Å². The van der Waals surface area contributed by atoms with Gasteiger partial charge in [-0.25, -0.2) is 0 Å². The zero-order chi connectivity index (χ0) is 16.4. The van der Waals surface area contributed by atoms with Gasteiger partial charge in [0.15, 0.2) is 0 Å². The van der Waals surface area contributed by atoms with Gasteiger partial charge in [-0.3, -0.25) is 4.90 Å². The van der Waals surface area contributed by atoms with Crippen LogP contribution < -0.4 is 0 Å². The molecule has 0 unspecified atom stereocenters. The van der Waals surface area contributed by atoms with Crippen molar-refractivity contribution in [3.63, 3.8) is 0 Å². The van der Waals surface area contributed by atoms with Crippen molar-refractivity contribution in [3.05, 3.63) is 71.9 Å². The van der Waals surface area contributed by atoms with Crippen LogP contribution in [0.1, 0.15) is 24.2 Å². The highest BCUT2D eigenvalue weighted by Gasteiger charge is 2.21. The third kappa shape index (κ3) is 3.16. The second-order valence-electron chi connectivity index (χ2n) is 6.29. The lowest BCUT2D eigenvalue weighted by Crippen LogP contribution is -2.33. The number of benzene rings is 2. The summed E-state index contributed by atoms with van der Waals surface area (Å²) in [5, 5.41) is 11.9. The fourth-order valence-corrected chi connectivity index (χ4v) is 3.13. The van der Waals surface area contributed by atoms with Crippen LogP contribution in [0.25, 0.3) is 10.9 Å². The summed E-state index contributed by atoms with van der Waals surface area (Å²) in [6.45, 7) is 2.88. The van der Waals surface area contributed by atoms with E-state index in [9.17, 15) is 5.11 Å². The maximum atomic E-state index is 10.6. The van der Waals surface area contributed by atoms with Crippen LogP contribution in [0.3, 0.4) is 0 Å². The third-order valence-electron chi connectivity index (χ3n) is 4.69. The van der Waals surface area contributed by atoms with Gasteiger partial charge in [-0.1, -0.05) is 48.5 Å². The number of fused-ring (bicyclic) bond motifs is 1. The number of rotatable bonds is 5. The molecule has 2 atom stereocenters. The van der Waals surface area contributed by atoms with E-state index in [2.05, 4.69) is 60.9 Å². The van der Waals surface area contributed by atoms with E-state index in [1.165, 1.54) is 16.5 Å². The Morgan fingerprint density at radius 3 is 2.43 bits per heavy atom. The topological polar surface area (TPSA) is 28.4 Å². The zero-order valence-corrected chi connectivity index (χ0v) is 14.0. The van der Waals surface area contributed by atoms with Crippen LogP contribution >= 0.6 is 0 Å². The molecule has 0 aliphatic heterocycles. The van der Waals surface area contributed by atoms with E-state index in [1.807, 2.05) is 30.3 Å². The van der Waals surface area contributed by atoms with Crippen molar-refractivity contribution in [3.8, 4) is 0 Å². The van der Waals surface area contributed by atoms with Crippen molar-refractivity contribution in [1.82, 2.24) is 9.47 Å². The number of para-hydroxylation sites is 1. The summed E-state index contributed by atoms with van der Waals surface area (Å²) in [5.74, 6) is 0. The first kappa shape index (κ1) is 15.8. The Morgan fingerprint density at radius 1 is 1.04 bits per heavy atom. The van der Waals surface area contributed by atoms with E-state index in [4.69, 9.17) is 0 Å². The molecule has 2 aromatic carbocycles. The van der Waals surface area contributed by atoms with E-state index in [0.717, 1.165) is 12.1 Å². The lowest BCUT2D eigenvalue weighted by Gasteiger charge is -2.29. The van der Waals surface area contributed by atoms with Crippen LogP contribution in [-0.4, -0.2) is 27.7 Å². The van der Waals surface area contributed by atoms with E-state index < -0.39 is 6.10 Å². The van der Waals surface area contributed by atoms with Gasteiger partial charge in [-0.2, -0.15) is 0 Å². The first-order valence-corrected chi connectivity index (χ1v) is 8.04. The molecule has 3 heteroatoms. The van der Waals surface area contributed by atoms with Gasteiger partial charge < -0.3 is 9.67 Å². The molecule has 0 spiro atoms. The van der Waals surface area contributed by atoms with Gasteiger partial charge in [0.25, 0.3) is 0 Å². The molecule has 3 rings (SSSR count). The minimum atomic E-state index is -0.490. The molecule has 1 N–H and O–H groups in total. The molecule has 0 bridgehead atoms. The molecule has 0 aliphatic carbocycles. The van der Waals surface area contributed by atoms with Crippen LogP contribution in [0.2, 0.25) is 0 Å². The van der Waals surface area contributed by atoms with Crippen LogP contribution in [-0.2, 0) is 13.6 Å². The first-order chi connectivity index (χ1) is 11.1. The van der Waals surface area contributed by atoms with Crippen molar-refractivity contribution in [2.45, 2.75) is 25.6 Å². The second kappa shape index (κ2) is 6.57. The fraction of sp³-hybridized carbons (Fsp3) is 0.300. The molecule has 0 aliphatic rings. The van der Waals surface area contributed by atoms with E-state index in [-0.39, 0.29) is 6.04 Å². The summed E-state index contributed by atoms with van der Waals surface area (Å²) in [6, 6.07) is 18.4. The summed E-state index contributed by atoms with van der Waals surface area (Å²) >= 11 is 0. The number of aromatic nitrogens is 1. The molecule has 1 aromatic heterocycles. The molecule has 0 saturated heterocycles. The molecule has 0 amide bonds. The molecule has 0 radical (unpaired) electrons. The SMILES string of the molecule is C[C@H]([C@H](O)c1ccccc1)N(C)Cc1cn(C)c2ccccc12. The highest BCUT2D eigenvalue weighted by molar-refractivity contribution is 5.83. The molecule has 0 saturated carbocycles. The lowest BCUT2D eigenvalue weighted by molar-refractivity contribution is 0.0690. The smallest absolute Gasteiger partial charge is 0.0942 e. The van der Waals surface area contributed by atoms with Gasteiger partial charge in [-0.15, -0.1) is 0 Å². The molecule has 3 nitrogen and oxygen atoms in total. The zero-order valence-electron chi connectivity index (χ0n) is 14.0. The van der Waals surface area contributed by atoms with Crippen LogP contribution in [0.15, 0.2) is 60.8 Å². The van der Waals surface area contributed by atoms with Gasteiger partial charge in [-0.05, 0) is 31.2 Å². The minimum Gasteiger partial charge on any atom is -0.387 e. The number of hydrogen-bond donors (Lipinski definition) is 1. The average Bonchev–Trinajstić information content (AvgIpc) is 2.90. The number of hydrogen-bond acceptors (Lipinski definition) is 2. The predicted octanol–water partition coefficient (Wildman–Crippen LogP) is 3.73. The third-order valence-corrected chi connectivity index (χ3v) is 4.69. The second-order valence-corrected chi connectivity index (χ2v) is 6.29. The maximum Gasteiger partial charge on any atom is 0.0942 e. The number of aryl methyl sites for hydroxylation is 1. The Kier molecular flexibility index (Phi) is 4.51. The Labute approximate surface area is 137 Å². The lowest BCUT2D eigenvalue weighted by atomic mass is 10.0. The highest BCUT2D eigenvalue weighted by Crippen LogP contribution is 2.25. The predicted molar refractivity (Wildman–Crippen MR) is 95.2 cm³/mol. The van der Waals surface area contributed by atoms with Crippen molar-refractivity contribution in [1.29, 1.82) is 0 Å². The van der Waals surface area contributed by atoms with Crippen LogP contribution in [0.5, 0.6) is 0 Å². The molecular weight excluding hydrogens is 284 g/mol. The first-order valence-electron chi connectivity index (χ1n) is 8.04. The number of nitrogens with zero attached hydrogens (tertiary/aromatic N) is 2. The fourth-order valence-electron chi connectivity index (χ4n) is 3.13. The standard InChI is InChI=1S/C20H24N2O/c1-15(20(23)16-9-5-4-6-10-16)21(2)13-17-14-22(3)19-12-8-7-11-18(17)19/h4-12,14-15,20,23H,13H2,1-3H3/t15-,20+/m1/s1. The number of aliphatic hydroxyl groups excluding tert-OH is 1. The molecular formula is C20H24N2O. The van der Waals surface area contributed by atoms with Crippen molar-refractivity contribution < 1.29 is 5.11 Å². The van der Waals surface area contributed by atoms with Gasteiger partial charge in [0.1, 0.15) is 0 Å². The van der Waals surface area contributed by atoms with Crippen molar-refractivity contribution >= 4 is 10.9 Å².